The predicted octanol–water partition coefficient (Wildman–Crippen LogP) is 4.45. The molecule has 0 aliphatic heterocycles. The number of hydrogen-bond acceptors (Lipinski definition) is 2. The molecule has 2 heterocycles. The van der Waals surface area contributed by atoms with Gasteiger partial charge in [0.1, 0.15) is 11.4 Å². The molecular weight excluding hydrogens is 336 g/mol. The number of aryl methyl sites for hydroxylation is 2. The molecule has 0 saturated carbocycles. The van der Waals surface area contributed by atoms with Gasteiger partial charge in [0, 0.05) is 26.3 Å². The highest BCUT2D eigenvalue weighted by molar-refractivity contribution is 5.94. The molecule has 0 N–H and O–H groups in total. The van der Waals surface area contributed by atoms with Gasteiger partial charge in [-0.2, -0.15) is 5.10 Å². The van der Waals surface area contributed by atoms with E-state index in [1.54, 1.807) is 4.68 Å². The number of carbonyl (C=O) groups excluding carboxylic acids is 1. The maximum absolute atomic E-state index is 13.3. The third-order valence-corrected chi connectivity index (χ3v) is 4.66. The van der Waals surface area contributed by atoms with Gasteiger partial charge >= 0.3 is 0 Å². The topological polar surface area (TPSA) is 43.1 Å². The first-order chi connectivity index (χ1) is 13.0. The molecule has 0 radical (unpaired) electrons. The number of rotatable bonds is 7. The Morgan fingerprint density at radius 3 is 2.41 bits per heavy atom. The highest BCUT2D eigenvalue weighted by Crippen LogP contribution is 2.23. The van der Waals surface area contributed by atoms with Gasteiger partial charge in [0.25, 0.3) is 5.91 Å². The van der Waals surface area contributed by atoms with E-state index >= 15 is 0 Å². The zero-order valence-electron chi connectivity index (χ0n) is 16.6. The maximum atomic E-state index is 13.3. The standard InChI is InChI=1S/C22H28N4O/c1-5-12-25(13-6-2)22(27)21-16-19(20-11-8-14-24(20)4)23-26(21)18-10-7-9-17(3)15-18/h7-11,14-16H,5-6,12-13H2,1-4H3. The summed E-state index contributed by atoms with van der Waals surface area (Å²) in [5, 5.41) is 4.80. The molecule has 0 saturated heterocycles. The van der Waals surface area contributed by atoms with Crippen molar-refractivity contribution in [2.75, 3.05) is 13.1 Å². The first-order valence-corrected chi connectivity index (χ1v) is 9.63. The zero-order chi connectivity index (χ0) is 19.4. The molecular formula is C22H28N4O. The summed E-state index contributed by atoms with van der Waals surface area (Å²) in [5.41, 5.74) is 4.46. The van der Waals surface area contributed by atoms with E-state index in [4.69, 9.17) is 5.10 Å². The second kappa shape index (κ2) is 8.25. The minimum Gasteiger partial charge on any atom is -0.349 e. The highest BCUT2D eigenvalue weighted by atomic mass is 16.2. The summed E-state index contributed by atoms with van der Waals surface area (Å²) in [6.07, 6.45) is 3.87. The van der Waals surface area contributed by atoms with Crippen molar-refractivity contribution in [3.8, 4) is 17.1 Å². The number of aromatic nitrogens is 3. The monoisotopic (exact) mass is 364 g/mol. The van der Waals surface area contributed by atoms with Crippen LogP contribution >= 0.6 is 0 Å². The van der Waals surface area contributed by atoms with Crippen molar-refractivity contribution in [2.45, 2.75) is 33.6 Å². The third-order valence-electron chi connectivity index (χ3n) is 4.66. The van der Waals surface area contributed by atoms with Gasteiger partial charge in [0.15, 0.2) is 0 Å². The largest absolute Gasteiger partial charge is 0.349 e. The molecule has 3 rings (SSSR count). The van der Waals surface area contributed by atoms with Crippen LogP contribution in [0.2, 0.25) is 0 Å². The van der Waals surface area contributed by atoms with Gasteiger partial charge in [-0.3, -0.25) is 4.79 Å². The maximum Gasteiger partial charge on any atom is 0.272 e. The minimum absolute atomic E-state index is 0.0353. The lowest BCUT2D eigenvalue weighted by atomic mass is 10.2. The van der Waals surface area contributed by atoms with Gasteiger partial charge in [-0.05, 0) is 55.7 Å². The Labute approximate surface area is 161 Å². The molecule has 0 unspecified atom stereocenters. The van der Waals surface area contributed by atoms with Crippen molar-refractivity contribution in [3.05, 3.63) is 59.9 Å². The number of nitrogens with zero attached hydrogens (tertiary/aromatic N) is 4. The average molecular weight is 364 g/mol. The Bertz CT molecular complexity index is 916. The fraction of sp³-hybridized carbons (Fsp3) is 0.364. The first-order valence-electron chi connectivity index (χ1n) is 9.63. The van der Waals surface area contributed by atoms with Crippen LogP contribution in [0.5, 0.6) is 0 Å². The van der Waals surface area contributed by atoms with Crippen LogP contribution in [0.3, 0.4) is 0 Å². The highest BCUT2D eigenvalue weighted by Gasteiger charge is 2.22. The van der Waals surface area contributed by atoms with Gasteiger partial charge in [0.05, 0.1) is 11.4 Å². The van der Waals surface area contributed by atoms with Gasteiger partial charge in [-0.15, -0.1) is 0 Å². The van der Waals surface area contributed by atoms with Gasteiger partial charge in [-0.25, -0.2) is 4.68 Å². The number of hydrogen-bond donors (Lipinski definition) is 0. The van der Waals surface area contributed by atoms with Gasteiger partial charge in [0.2, 0.25) is 0 Å². The summed E-state index contributed by atoms with van der Waals surface area (Å²) < 4.78 is 3.81. The molecule has 27 heavy (non-hydrogen) atoms. The zero-order valence-corrected chi connectivity index (χ0v) is 16.6. The molecule has 1 aromatic carbocycles. The number of amides is 1. The minimum atomic E-state index is 0.0353. The molecule has 0 bridgehead atoms. The molecule has 5 nitrogen and oxygen atoms in total. The van der Waals surface area contributed by atoms with Gasteiger partial charge < -0.3 is 9.47 Å². The van der Waals surface area contributed by atoms with E-state index in [1.807, 2.05) is 66.0 Å². The molecule has 1 amide bonds. The average Bonchev–Trinajstić information content (AvgIpc) is 3.27. The van der Waals surface area contributed by atoms with Crippen molar-refractivity contribution < 1.29 is 4.79 Å². The van der Waals surface area contributed by atoms with E-state index in [0.29, 0.717) is 5.69 Å². The van der Waals surface area contributed by atoms with Crippen LogP contribution < -0.4 is 0 Å². The molecule has 0 aliphatic rings. The fourth-order valence-corrected chi connectivity index (χ4v) is 3.36. The lowest BCUT2D eigenvalue weighted by Gasteiger charge is -2.21. The third kappa shape index (κ3) is 3.97. The van der Waals surface area contributed by atoms with Crippen LogP contribution in [-0.2, 0) is 7.05 Å². The summed E-state index contributed by atoms with van der Waals surface area (Å²) in [6, 6.07) is 14.0. The van der Waals surface area contributed by atoms with E-state index in [-0.39, 0.29) is 5.91 Å². The molecule has 142 valence electrons. The SMILES string of the molecule is CCCN(CCC)C(=O)c1cc(-c2cccn2C)nn1-c1cccc(C)c1. The van der Waals surface area contributed by atoms with E-state index in [1.165, 1.54) is 0 Å². The molecule has 0 atom stereocenters. The number of benzene rings is 1. The molecule has 3 aromatic rings. The quantitative estimate of drug-likeness (QED) is 0.622. The predicted molar refractivity (Wildman–Crippen MR) is 109 cm³/mol. The summed E-state index contributed by atoms with van der Waals surface area (Å²) in [4.78, 5) is 15.3. The van der Waals surface area contributed by atoms with Crippen molar-refractivity contribution in [2.24, 2.45) is 7.05 Å². The Kier molecular flexibility index (Phi) is 5.79. The Morgan fingerprint density at radius 1 is 1.07 bits per heavy atom. The van der Waals surface area contributed by atoms with E-state index in [0.717, 1.165) is 48.6 Å². The van der Waals surface area contributed by atoms with Crippen molar-refractivity contribution in [1.82, 2.24) is 19.2 Å². The Hall–Kier alpha value is -2.82. The van der Waals surface area contributed by atoms with E-state index in [2.05, 4.69) is 19.9 Å². The Morgan fingerprint density at radius 2 is 1.81 bits per heavy atom. The fourth-order valence-electron chi connectivity index (χ4n) is 3.36. The van der Waals surface area contributed by atoms with Crippen LogP contribution in [-0.4, -0.2) is 38.2 Å². The van der Waals surface area contributed by atoms with Crippen molar-refractivity contribution in [3.63, 3.8) is 0 Å². The van der Waals surface area contributed by atoms with Crippen LogP contribution in [0.25, 0.3) is 17.1 Å². The lowest BCUT2D eigenvalue weighted by Crippen LogP contribution is -2.33. The molecule has 5 heteroatoms. The van der Waals surface area contributed by atoms with Crippen LogP contribution in [0, 0.1) is 6.92 Å². The second-order valence-electron chi connectivity index (χ2n) is 6.96. The normalized spacial score (nSPS) is 11.0. The first kappa shape index (κ1) is 19.0. The Balaban J connectivity index is 2.11. The van der Waals surface area contributed by atoms with E-state index in [9.17, 15) is 4.79 Å². The smallest absolute Gasteiger partial charge is 0.272 e. The van der Waals surface area contributed by atoms with Crippen LogP contribution in [0.15, 0.2) is 48.7 Å². The summed E-state index contributed by atoms with van der Waals surface area (Å²) in [5.74, 6) is 0.0353. The summed E-state index contributed by atoms with van der Waals surface area (Å²) >= 11 is 0. The number of carbonyl (C=O) groups is 1. The van der Waals surface area contributed by atoms with E-state index < -0.39 is 0 Å². The summed E-state index contributed by atoms with van der Waals surface area (Å²) in [7, 11) is 1.99. The van der Waals surface area contributed by atoms with Crippen molar-refractivity contribution in [1.29, 1.82) is 0 Å². The second-order valence-corrected chi connectivity index (χ2v) is 6.96. The lowest BCUT2D eigenvalue weighted by molar-refractivity contribution is 0.0746. The van der Waals surface area contributed by atoms with Crippen LogP contribution in [0.1, 0.15) is 42.7 Å². The molecule has 0 aliphatic carbocycles. The van der Waals surface area contributed by atoms with Crippen molar-refractivity contribution >= 4 is 5.91 Å². The summed E-state index contributed by atoms with van der Waals surface area (Å²) in [6.45, 7) is 7.76. The van der Waals surface area contributed by atoms with Crippen LogP contribution in [0.4, 0.5) is 0 Å². The molecule has 0 fully saturated rings. The van der Waals surface area contributed by atoms with Gasteiger partial charge in [-0.1, -0.05) is 26.0 Å². The molecule has 0 spiro atoms. The molecule has 2 aromatic heterocycles.